The third-order valence-corrected chi connectivity index (χ3v) is 20.8. The molecule has 6 heteroatoms. The Kier molecular flexibility index (Phi) is 9.45. The molecule has 14 rings (SSSR count). The predicted octanol–water partition coefficient (Wildman–Crippen LogP) is 18.9. The van der Waals surface area contributed by atoms with Crippen LogP contribution in [0.1, 0.15) is 156 Å². The van der Waals surface area contributed by atoms with E-state index in [-0.39, 0.29) is 32.5 Å². The first-order chi connectivity index (χ1) is 34.9. The standard InChI is InChI=1S/C68H68BN2OS2/c1-63(2,3)36-19-22-38(23-20-36)70-49-32-41-40-30-45-48(68(13,14)28-26-65(45,7)8)35-54(40)73-53(41)33-42(49)55-56-39-17-15-16-18-52(39)74-61(56)57-43-31-46-47(67(11,12)27-25-66(46,9)10)34-50(43)71-59-44-29-37(64(4,5)6)21-24-51(44)72-62(59)69-58(55)60(57)71/h15-24,29-35,70H,25-28H2,1-14H3. The lowest BCUT2D eigenvalue weighted by Gasteiger charge is -2.42. The average Bonchev–Trinajstić information content (AvgIpc) is 4.15. The number of nitrogens with zero attached hydrogens (tertiary/aromatic N) is 1. The number of fused-ring (bicyclic) bond motifs is 16. The molecule has 2 aliphatic carbocycles. The van der Waals surface area contributed by atoms with Gasteiger partial charge in [-0.05, 0) is 169 Å². The van der Waals surface area contributed by atoms with Gasteiger partial charge in [-0.3, -0.25) is 0 Å². The van der Waals surface area contributed by atoms with Crippen LogP contribution in [0, 0.1) is 0 Å². The monoisotopic (exact) mass is 1000 g/mol. The Balaban J connectivity index is 1.15. The van der Waals surface area contributed by atoms with Gasteiger partial charge in [-0.25, -0.2) is 0 Å². The molecule has 5 heterocycles. The Morgan fingerprint density at radius 1 is 0.541 bits per heavy atom. The van der Waals surface area contributed by atoms with E-state index >= 15 is 0 Å². The molecule has 0 saturated carbocycles. The van der Waals surface area contributed by atoms with Crippen molar-refractivity contribution in [3.8, 4) is 16.8 Å². The predicted molar refractivity (Wildman–Crippen MR) is 324 cm³/mol. The summed E-state index contributed by atoms with van der Waals surface area (Å²) in [5, 5.41) is 13.3. The summed E-state index contributed by atoms with van der Waals surface area (Å²) in [4.78, 5) is 0. The molecular formula is C68H68BN2OS2. The van der Waals surface area contributed by atoms with E-state index in [9.17, 15) is 0 Å². The zero-order valence-corrected chi connectivity index (χ0v) is 47.5. The van der Waals surface area contributed by atoms with Crippen LogP contribution in [0.2, 0.25) is 0 Å². The van der Waals surface area contributed by atoms with E-state index in [4.69, 9.17) is 4.42 Å². The van der Waals surface area contributed by atoms with Crippen molar-refractivity contribution in [3.05, 3.63) is 137 Å². The fourth-order valence-electron chi connectivity index (χ4n) is 13.6. The summed E-state index contributed by atoms with van der Waals surface area (Å²) in [6, 6.07) is 40.7. The summed E-state index contributed by atoms with van der Waals surface area (Å²) in [7, 11) is 2.43. The van der Waals surface area contributed by atoms with Crippen molar-refractivity contribution < 1.29 is 4.42 Å². The van der Waals surface area contributed by atoms with Crippen molar-refractivity contribution in [1.82, 2.24) is 4.57 Å². The summed E-state index contributed by atoms with van der Waals surface area (Å²) in [6.07, 6.45) is 4.71. The lowest BCUT2D eigenvalue weighted by molar-refractivity contribution is 0.332. The topological polar surface area (TPSA) is 30.1 Å². The first kappa shape index (κ1) is 46.7. The quantitative estimate of drug-likeness (QED) is 0.179. The fourth-order valence-corrected chi connectivity index (χ4v) is 16.1. The number of anilines is 2. The van der Waals surface area contributed by atoms with Gasteiger partial charge in [0, 0.05) is 73.4 Å². The second-order valence-corrected chi connectivity index (χ2v) is 29.5. The summed E-state index contributed by atoms with van der Waals surface area (Å²) in [6.45, 7) is 33.5. The van der Waals surface area contributed by atoms with Crippen LogP contribution in [0.4, 0.5) is 11.4 Å². The van der Waals surface area contributed by atoms with E-state index in [2.05, 4.69) is 217 Å². The second kappa shape index (κ2) is 15.0. The van der Waals surface area contributed by atoms with Crippen LogP contribution in [0.3, 0.4) is 0 Å². The van der Waals surface area contributed by atoms with Crippen LogP contribution in [0.5, 0.6) is 0 Å². The minimum atomic E-state index is -0.0265. The van der Waals surface area contributed by atoms with Gasteiger partial charge >= 0.3 is 0 Å². The highest BCUT2D eigenvalue weighted by atomic mass is 32.1. The van der Waals surface area contributed by atoms with Crippen molar-refractivity contribution >= 4 is 126 Å². The zero-order chi connectivity index (χ0) is 51.6. The Morgan fingerprint density at radius 3 is 1.78 bits per heavy atom. The molecule has 1 radical (unpaired) electrons. The molecule has 11 aromatic rings. The number of nitrogens with one attached hydrogen (secondary N) is 1. The van der Waals surface area contributed by atoms with Crippen LogP contribution in [-0.2, 0) is 32.5 Å². The van der Waals surface area contributed by atoms with E-state index in [0.717, 1.165) is 41.1 Å². The molecule has 3 nitrogen and oxygen atoms in total. The Morgan fingerprint density at radius 2 is 1.12 bits per heavy atom. The average molecular weight is 1000 g/mol. The minimum Gasteiger partial charge on any atom is -0.469 e. The maximum absolute atomic E-state index is 7.19. The van der Waals surface area contributed by atoms with Gasteiger partial charge in [0.25, 0.3) is 0 Å². The summed E-state index contributed by atoms with van der Waals surface area (Å²) < 4.78 is 15.2. The molecule has 0 amide bonds. The van der Waals surface area contributed by atoms with E-state index in [1.165, 1.54) is 130 Å². The van der Waals surface area contributed by atoms with Crippen molar-refractivity contribution in [1.29, 1.82) is 0 Å². The van der Waals surface area contributed by atoms with Crippen LogP contribution in [0.15, 0.2) is 108 Å². The lowest BCUT2D eigenvalue weighted by atomic mass is 9.61. The third-order valence-electron chi connectivity index (χ3n) is 18.5. The number of furan rings is 1. The number of benzene rings is 7. The molecule has 7 aromatic carbocycles. The lowest BCUT2D eigenvalue weighted by Crippen LogP contribution is -2.36. The molecule has 0 fully saturated rings. The first-order valence-corrected chi connectivity index (χ1v) is 28.9. The highest BCUT2D eigenvalue weighted by molar-refractivity contribution is 7.27. The van der Waals surface area contributed by atoms with Crippen LogP contribution >= 0.6 is 22.7 Å². The number of hydrogen-bond donors (Lipinski definition) is 1. The summed E-state index contributed by atoms with van der Waals surface area (Å²) >= 11 is 3.93. The minimum absolute atomic E-state index is 0.0265. The zero-order valence-electron chi connectivity index (χ0n) is 45.9. The smallest absolute Gasteiger partial charge is 0.247 e. The SMILES string of the molecule is CC(C)(C)c1ccc(Nc2cc3c(cc2-c2c4c5c(c6cc7c(cc6n5-c5c(oc6ccc(C(C)(C)C)cc56)[B]4)C(C)(C)CCC7(C)C)c4sc5ccccc5c24)sc2cc4c(cc23)C(C)(C)CCC4(C)C)cc1. The fraction of sp³-hybridized carbons (Fsp3) is 0.353. The molecule has 74 heavy (non-hydrogen) atoms. The number of aromatic nitrogens is 1. The molecular weight excluding hydrogens is 936 g/mol. The molecule has 0 atom stereocenters. The van der Waals surface area contributed by atoms with E-state index in [1.807, 2.05) is 22.7 Å². The summed E-state index contributed by atoms with van der Waals surface area (Å²) in [5.41, 5.74) is 20.4. The molecule has 0 saturated heterocycles. The number of thiophene rings is 2. The van der Waals surface area contributed by atoms with Crippen molar-refractivity contribution in [3.63, 3.8) is 0 Å². The van der Waals surface area contributed by atoms with Crippen molar-refractivity contribution in [2.24, 2.45) is 0 Å². The van der Waals surface area contributed by atoms with Gasteiger partial charge in [-0.2, -0.15) is 0 Å². The van der Waals surface area contributed by atoms with Crippen LogP contribution < -0.4 is 16.4 Å². The van der Waals surface area contributed by atoms with E-state index in [1.54, 1.807) is 0 Å². The highest BCUT2D eigenvalue weighted by Crippen LogP contribution is 2.55. The van der Waals surface area contributed by atoms with Gasteiger partial charge in [0.2, 0.25) is 7.28 Å². The largest absolute Gasteiger partial charge is 0.469 e. The van der Waals surface area contributed by atoms with Gasteiger partial charge in [-0.1, -0.05) is 133 Å². The van der Waals surface area contributed by atoms with Crippen LogP contribution in [-0.4, -0.2) is 11.8 Å². The van der Waals surface area contributed by atoms with E-state index in [0.29, 0.717) is 0 Å². The van der Waals surface area contributed by atoms with Crippen molar-refractivity contribution in [2.75, 3.05) is 5.32 Å². The molecule has 0 unspecified atom stereocenters. The van der Waals surface area contributed by atoms with Gasteiger partial charge in [0.05, 0.1) is 22.4 Å². The maximum atomic E-state index is 7.19. The summed E-state index contributed by atoms with van der Waals surface area (Å²) in [5.74, 6) is 0. The Labute approximate surface area is 445 Å². The number of hydrogen-bond acceptors (Lipinski definition) is 4. The second-order valence-electron chi connectivity index (χ2n) is 27.4. The molecule has 1 N–H and O–H groups in total. The van der Waals surface area contributed by atoms with Crippen LogP contribution in [0.25, 0.3) is 89.9 Å². The maximum Gasteiger partial charge on any atom is 0.247 e. The highest BCUT2D eigenvalue weighted by Gasteiger charge is 2.41. The third kappa shape index (κ3) is 6.62. The first-order valence-electron chi connectivity index (χ1n) is 27.2. The molecule has 4 aromatic heterocycles. The normalized spacial score (nSPS) is 17.6. The Bertz CT molecular complexity index is 4260. The molecule has 0 bridgehead atoms. The van der Waals surface area contributed by atoms with Gasteiger partial charge in [-0.15, -0.1) is 22.7 Å². The molecule has 1 aliphatic heterocycles. The van der Waals surface area contributed by atoms with E-state index < -0.39 is 0 Å². The molecule has 3 aliphatic rings. The Hall–Kier alpha value is -5.82. The van der Waals surface area contributed by atoms with Gasteiger partial charge in [0.1, 0.15) is 5.58 Å². The molecule has 371 valence electrons. The number of rotatable bonds is 3. The van der Waals surface area contributed by atoms with Gasteiger partial charge in [0.15, 0.2) is 0 Å². The van der Waals surface area contributed by atoms with Crippen molar-refractivity contribution in [2.45, 2.75) is 155 Å². The molecule has 0 spiro atoms. The van der Waals surface area contributed by atoms with Gasteiger partial charge < -0.3 is 14.3 Å².